The summed E-state index contributed by atoms with van der Waals surface area (Å²) in [6.45, 7) is 9.90. The van der Waals surface area contributed by atoms with Gasteiger partial charge in [-0.3, -0.25) is 4.79 Å². The van der Waals surface area contributed by atoms with E-state index >= 15 is 0 Å². The molecule has 4 rings (SSSR count). The minimum atomic E-state index is -4.78. The molecule has 2 fully saturated rings. The maximum absolute atomic E-state index is 13.8. The van der Waals surface area contributed by atoms with Crippen LogP contribution in [0.25, 0.3) is 0 Å². The van der Waals surface area contributed by atoms with Crippen LogP contribution >= 0.6 is 12.2 Å². The first-order chi connectivity index (χ1) is 19.8. The maximum atomic E-state index is 13.8. The molecule has 226 valence electrons. The van der Waals surface area contributed by atoms with Crippen molar-refractivity contribution in [2.45, 2.75) is 77.1 Å². The van der Waals surface area contributed by atoms with Crippen molar-refractivity contribution in [3.05, 3.63) is 47.8 Å². The van der Waals surface area contributed by atoms with E-state index in [0.29, 0.717) is 23.9 Å². The highest BCUT2D eigenvalue weighted by Crippen LogP contribution is 2.43. The summed E-state index contributed by atoms with van der Waals surface area (Å²) in [6.07, 6.45) is 1.31. The number of nitriles is 1. The Bertz CT molecular complexity index is 1310. The van der Waals surface area contributed by atoms with E-state index in [-0.39, 0.29) is 11.8 Å². The predicted molar refractivity (Wildman–Crippen MR) is 161 cm³/mol. The number of carbonyl (C=O) groups excluding carboxylic acids is 1. The van der Waals surface area contributed by atoms with E-state index in [9.17, 15) is 18.0 Å². The number of carbonyl (C=O) groups is 1. The first kappa shape index (κ1) is 31.7. The van der Waals surface area contributed by atoms with Gasteiger partial charge in [0, 0.05) is 25.8 Å². The van der Waals surface area contributed by atoms with Crippen LogP contribution in [-0.4, -0.2) is 59.6 Å². The fraction of sp³-hybridized carbons (Fsp3) is 0.548. The van der Waals surface area contributed by atoms with Gasteiger partial charge in [-0.15, -0.1) is 0 Å². The van der Waals surface area contributed by atoms with Crippen molar-refractivity contribution in [2.75, 3.05) is 36.5 Å². The Morgan fingerprint density at radius 1 is 1.19 bits per heavy atom. The van der Waals surface area contributed by atoms with Gasteiger partial charge in [0.25, 0.3) is 5.91 Å². The molecule has 1 saturated heterocycles. The number of rotatable bonds is 9. The molecule has 1 amide bonds. The standard InChI is InChI=1S/C31H38F3N5O2S/c1-29(2,3)14-17-38-15-10-25(11-16-38)41-24-8-6-22(7-9-24)39(21-42)30(12-5-13-30)28(40)37(4)23-18-26(31(32,33)34)27(19-35)36-20-23/h6-9,18,20-21,25H,5,10-17H2,1-4H3. The fourth-order valence-corrected chi connectivity index (χ4v) is 5.80. The Morgan fingerprint density at radius 3 is 2.33 bits per heavy atom. The van der Waals surface area contributed by atoms with E-state index < -0.39 is 28.9 Å². The van der Waals surface area contributed by atoms with E-state index in [4.69, 9.17) is 22.2 Å². The molecule has 1 saturated carbocycles. The number of ether oxygens (including phenoxy) is 1. The maximum Gasteiger partial charge on any atom is 0.419 e. The number of benzene rings is 1. The fourth-order valence-electron chi connectivity index (χ4n) is 5.47. The van der Waals surface area contributed by atoms with Gasteiger partial charge in [-0.2, -0.15) is 18.4 Å². The smallest absolute Gasteiger partial charge is 0.419 e. The molecular weight excluding hydrogens is 563 g/mol. The molecule has 0 N–H and O–H groups in total. The van der Waals surface area contributed by atoms with Crippen LogP contribution in [0, 0.1) is 16.7 Å². The third kappa shape index (κ3) is 7.04. The van der Waals surface area contributed by atoms with Gasteiger partial charge in [-0.25, -0.2) is 4.98 Å². The number of alkyl halides is 3. The number of nitrogens with zero attached hydrogens (tertiary/aromatic N) is 5. The van der Waals surface area contributed by atoms with Gasteiger partial charge in [-0.1, -0.05) is 33.0 Å². The SMILES string of the molecule is CN(C(=O)C1(N(C=S)c2ccc(OC3CCN(CCC(C)(C)C)CC3)cc2)CCC1)c1cnc(C#N)c(C(F)(F)F)c1. The second kappa shape index (κ2) is 12.6. The molecule has 0 atom stereocenters. The van der Waals surface area contributed by atoms with E-state index in [2.05, 4.69) is 30.7 Å². The van der Waals surface area contributed by atoms with Crippen LogP contribution in [0.4, 0.5) is 24.5 Å². The van der Waals surface area contributed by atoms with E-state index in [1.165, 1.54) is 23.5 Å². The van der Waals surface area contributed by atoms with Gasteiger partial charge in [-0.05, 0) is 80.8 Å². The second-order valence-electron chi connectivity index (χ2n) is 12.4. The third-order valence-electron chi connectivity index (χ3n) is 8.25. The average Bonchev–Trinajstić information content (AvgIpc) is 2.93. The number of anilines is 2. The van der Waals surface area contributed by atoms with Gasteiger partial charge < -0.3 is 19.4 Å². The molecule has 42 heavy (non-hydrogen) atoms. The van der Waals surface area contributed by atoms with Gasteiger partial charge in [0.05, 0.1) is 22.9 Å². The Morgan fingerprint density at radius 2 is 1.83 bits per heavy atom. The minimum Gasteiger partial charge on any atom is -0.490 e. The van der Waals surface area contributed by atoms with Gasteiger partial charge >= 0.3 is 6.18 Å². The first-order valence-electron chi connectivity index (χ1n) is 14.3. The first-order valence-corrected chi connectivity index (χ1v) is 14.7. The topological polar surface area (TPSA) is 72.7 Å². The lowest BCUT2D eigenvalue weighted by Gasteiger charge is -2.49. The number of likely N-dealkylation sites (tertiary alicyclic amines) is 1. The zero-order valence-electron chi connectivity index (χ0n) is 24.6. The van der Waals surface area contributed by atoms with Crippen LogP contribution in [0.5, 0.6) is 5.75 Å². The summed E-state index contributed by atoms with van der Waals surface area (Å²) >= 11 is 5.34. The quantitative estimate of drug-likeness (QED) is 0.300. The van der Waals surface area contributed by atoms with Crippen LogP contribution in [0.2, 0.25) is 0 Å². The Hall–Kier alpha value is -3.23. The highest BCUT2D eigenvalue weighted by molar-refractivity contribution is 7.79. The number of hydrogen-bond donors (Lipinski definition) is 0. The van der Waals surface area contributed by atoms with Crippen molar-refractivity contribution in [1.82, 2.24) is 9.88 Å². The molecule has 1 aliphatic carbocycles. The van der Waals surface area contributed by atoms with Gasteiger partial charge in [0.15, 0.2) is 5.69 Å². The Kier molecular flexibility index (Phi) is 9.48. The summed E-state index contributed by atoms with van der Waals surface area (Å²) in [5, 5.41) is 9.07. The number of halogens is 3. The summed E-state index contributed by atoms with van der Waals surface area (Å²) in [6, 6.07) is 9.71. The van der Waals surface area contributed by atoms with Crippen LogP contribution in [0.3, 0.4) is 0 Å². The summed E-state index contributed by atoms with van der Waals surface area (Å²) in [4.78, 5) is 22.9. The van der Waals surface area contributed by atoms with E-state index in [0.717, 1.165) is 63.3 Å². The molecule has 2 aliphatic rings. The van der Waals surface area contributed by atoms with Gasteiger partial charge in [0.1, 0.15) is 23.5 Å². The monoisotopic (exact) mass is 601 g/mol. The van der Waals surface area contributed by atoms with Crippen molar-refractivity contribution in [3.63, 3.8) is 0 Å². The Balaban J connectivity index is 1.44. The molecular formula is C31H38F3N5O2S. The lowest BCUT2D eigenvalue weighted by molar-refractivity contribution is -0.138. The van der Waals surface area contributed by atoms with Crippen molar-refractivity contribution in [3.8, 4) is 11.8 Å². The van der Waals surface area contributed by atoms with Crippen molar-refractivity contribution >= 4 is 35.0 Å². The van der Waals surface area contributed by atoms with E-state index in [1.807, 2.05) is 24.3 Å². The minimum absolute atomic E-state index is 0.0462. The number of pyridine rings is 1. The predicted octanol–water partition coefficient (Wildman–Crippen LogP) is 6.60. The summed E-state index contributed by atoms with van der Waals surface area (Å²) in [7, 11) is 1.42. The lowest BCUT2D eigenvalue weighted by Crippen LogP contribution is -2.63. The number of likely N-dealkylation sites (N-methyl/N-ethyl adjacent to an activating group) is 1. The zero-order valence-corrected chi connectivity index (χ0v) is 25.4. The summed E-state index contributed by atoms with van der Waals surface area (Å²) in [5.74, 6) is 0.346. The zero-order chi connectivity index (χ0) is 30.7. The third-order valence-corrected chi connectivity index (χ3v) is 8.46. The summed E-state index contributed by atoms with van der Waals surface area (Å²) < 4.78 is 46.9. The van der Waals surface area contributed by atoms with Crippen LogP contribution in [0.15, 0.2) is 36.5 Å². The molecule has 0 unspecified atom stereocenters. The highest BCUT2D eigenvalue weighted by Gasteiger charge is 2.50. The molecule has 1 aliphatic heterocycles. The number of hydrogen-bond acceptors (Lipinski definition) is 6. The van der Waals surface area contributed by atoms with Crippen LogP contribution < -0.4 is 14.5 Å². The lowest BCUT2D eigenvalue weighted by atomic mass is 9.74. The molecule has 7 nitrogen and oxygen atoms in total. The number of thiocarbonyl (C=S) groups is 1. The van der Waals surface area contributed by atoms with Gasteiger partial charge in [0.2, 0.25) is 0 Å². The van der Waals surface area contributed by atoms with Crippen LogP contribution in [0.1, 0.15) is 70.6 Å². The van der Waals surface area contributed by atoms with Crippen molar-refractivity contribution in [2.24, 2.45) is 5.41 Å². The van der Waals surface area contributed by atoms with Crippen LogP contribution in [-0.2, 0) is 11.0 Å². The molecule has 1 aromatic carbocycles. The summed E-state index contributed by atoms with van der Waals surface area (Å²) in [5.41, 5.74) is -0.555. The molecule has 0 radical (unpaired) electrons. The molecule has 2 heterocycles. The largest absolute Gasteiger partial charge is 0.490 e. The van der Waals surface area contributed by atoms with E-state index in [1.54, 1.807) is 4.90 Å². The molecule has 2 aromatic rings. The number of aromatic nitrogens is 1. The molecule has 0 bridgehead atoms. The Labute approximate surface area is 251 Å². The number of amides is 1. The van der Waals surface area contributed by atoms with Crippen molar-refractivity contribution in [1.29, 1.82) is 5.26 Å². The molecule has 1 aromatic heterocycles. The second-order valence-corrected chi connectivity index (χ2v) is 12.6. The highest BCUT2D eigenvalue weighted by atomic mass is 32.1. The molecule has 0 spiro atoms. The average molecular weight is 602 g/mol. The molecule has 11 heteroatoms. The normalized spacial score (nSPS) is 17.6. The number of piperidine rings is 1. The van der Waals surface area contributed by atoms with Crippen molar-refractivity contribution < 1.29 is 22.7 Å².